The third-order valence-corrected chi connectivity index (χ3v) is 6.64. The maximum atomic E-state index is 12.5. The van der Waals surface area contributed by atoms with Crippen LogP contribution in [0.5, 0.6) is 0 Å². The third kappa shape index (κ3) is 5.60. The van der Waals surface area contributed by atoms with Crippen molar-refractivity contribution < 1.29 is 13.2 Å². The molecule has 0 saturated carbocycles. The molecule has 23 heavy (non-hydrogen) atoms. The van der Waals surface area contributed by atoms with Crippen LogP contribution in [0, 0.1) is 5.92 Å². The van der Waals surface area contributed by atoms with Gasteiger partial charge in [-0.25, -0.2) is 13.1 Å². The molecule has 132 valence electrons. The van der Waals surface area contributed by atoms with Crippen LogP contribution >= 0.6 is 0 Å². The van der Waals surface area contributed by atoms with Crippen molar-refractivity contribution >= 4 is 15.9 Å². The monoisotopic (exact) mass is 342 g/mol. The highest BCUT2D eigenvalue weighted by Crippen LogP contribution is 2.23. The van der Waals surface area contributed by atoms with Gasteiger partial charge in [-0.2, -0.15) is 0 Å². The van der Waals surface area contributed by atoms with Crippen molar-refractivity contribution in [2.75, 3.05) is 19.6 Å². The highest BCUT2D eigenvalue weighted by molar-refractivity contribution is 7.90. The van der Waals surface area contributed by atoms with Crippen LogP contribution in [-0.2, 0) is 14.8 Å². The predicted octanol–water partition coefficient (Wildman–Crippen LogP) is 2.44. The van der Waals surface area contributed by atoms with Crippen LogP contribution < -0.4 is 4.72 Å². The standard InChI is InChI=1S/C17H30N2O3S/c1-14(2)23(21,22)18-12-16-9-6-10-19(13-16)17(20)11-15-7-4-3-5-8-15/h7,14,16,18H,3-6,8-13H2,1-2H3. The molecule has 0 bridgehead atoms. The molecule has 0 aromatic rings. The van der Waals surface area contributed by atoms with Crippen LogP contribution in [0.2, 0.25) is 0 Å². The Kier molecular flexibility index (Phi) is 6.65. The number of hydrogen-bond donors (Lipinski definition) is 1. The molecule has 1 N–H and O–H groups in total. The van der Waals surface area contributed by atoms with Gasteiger partial charge in [0.2, 0.25) is 15.9 Å². The second kappa shape index (κ2) is 8.29. The first kappa shape index (κ1) is 18.5. The summed E-state index contributed by atoms with van der Waals surface area (Å²) in [6.45, 7) is 5.27. The lowest BCUT2D eigenvalue weighted by molar-refractivity contribution is -0.132. The van der Waals surface area contributed by atoms with Crippen molar-refractivity contribution in [3.05, 3.63) is 11.6 Å². The summed E-state index contributed by atoms with van der Waals surface area (Å²) in [6, 6.07) is 0. The van der Waals surface area contributed by atoms with Crippen molar-refractivity contribution in [1.29, 1.82) is 0 Å². The molecule has 2 rings (SSSR count). The summed E-state index contributed by atoms with van der Waals surface area (Å²) in [5.41, 5.74) is 1.28. The van der Waals surface area contributed by atoms with Crippen molar-refractivity contribution in [3.63, 3.8) is 0 Å². The Hall–Kier alpha value is -0.880. The van der Waals surface area contributed by atoms with Crippen LogP contribution in [0.4, 0.5) is 0 Å². The average Bonchev–Trinajstić information content (AvgIpc) is 2.54. The van der Waals surface area contributed by atoms with Gasteiger partial charge in [0.05, 0.1) is 5.25 Å². The largest absolute Gasteiger partial charge is 0.342 e. The first-order valence-corrected chi connectivity index (χ1v) is 10.4. The van der Waals surface area contributed by atoms with Gasteiger partial charge in [0.15, 0.2) is 0 Å². The Morgan fingerprint density at radius 2 is 2.13 bits per heavy atom. The van der Waals surface area contributed by atoms with E-state index in [0.29, 0.717) is 19.5 Å². The minimum Gasteiger partial charge on any atom is -0.342 e. The number of sulfonamides is 1. The zero-order valence-electron chi connectivity index (χ0n) is 14.4. The number of allylic oxidation sites excluding steroid dienone is 1. The van der Waals surface area contributed by atoms with Crippen molar-refractivity contribution in [2.24, 2.45) is 5.92 Å². The topological polar surface area (TPSA) is 66.5 Å². The Morgan fingerprint density at radius 3 is 2.78 bits per heavy atom. The summed E-state index contributed by atoms with van der Waals surface area (Å²) >= 11 is 0. The highest BCUT2D eigenvalue weighted by atomic mass is 32.2. The Morgan fingerprint density at radius 1 is 1.35 bits per heavy atom. The SMILES string of the molecule is CC(C)S(=O)(=O)NCC1CCCN(C(=O)CC2=CCCCC2)C1. The number of piperidine rings is 1. The fourth-order valence-electron chi connectivity index (χ4n) is 3.23. The second-order valence-corrected chi connectivity index (χ2v) is 9.40. The molecule has 0 aromatic carbocycles. The minimum absolute atomic E-state index is 0.203. The first-order valence-electron chi connectivity index (χ1n) is 8.82. The predicted molar refractivity (Wildman–Crippen MR) is 92.5 cm³/mol. The van der Waals surface area contributed by atoms with Crippen LogP contribution in [0.15, 0.2) is 11.6 Å². The van der Waals surface area contributed by atoms with Gasteiger partial charge < -0.3 is 4.90 Å². The summed E-state index contributed by atoms with van der Waals surface area (Å²) in [4.78, 5) is 14.4. The van der Waals surface area contributed by atoms with Gasteiger partial charge in [0.25, 0.3) is 0 Å². The van der Waals surface area contributed by atoms with E-state index in [1.54, 1.807) is 13.8 Å². The smallest absolute Gasteiger partial charge is 0.226 e. The van der Waals surface area contributed by atoms with Crippen LogP contribution in [0.1, 0.15) is 58.8 Å². The van der Waals surface area contributed by atoms with Gasteiger partial charge in [-0.3, -0.25) is 4.79 Å². The quantitative estimate of drug-likeness (QED) is 0.754. The lowest BCUT2D eigenvalue weighted by Crippen LogP contribution is -2.44. The number of nitrogens with one attached hydrogen (secondary N) is 1. The van der Waals surface area contributed by atoms with Crippen LogP contribution in [0.25, 0.3) is 0 Å². The number of carbonyl (C=O) groups excluding carboxylic acids is 1. The number of nitrogens with zero attached hydrogens (tertiary/aromatic N) is 1. The van der Waals surface area contributed by atoms with E-state index in [9.17, 15) is 13.2 Å². The molecular weight excluding hydrogens is 312 g/mol. The van der Waals surface area contributed by atoms with Gasteiger partial charge in [0, 0.05) is 26.1 Å². The normalized spacial score (nSPS) is 23.0. The van der Waals surface area contributed by atoms with Gasteiger partial charge in [-0.05, 0) is 58.3 Å². The summed E-state index contributed by atoms with van der Waals surface area (Å²) in [5.74, 6) is 0.427. The van der Waals surface area contributed by atoms with E-state index in [1.165, 1.54) is 18.4 Å². The molecule has 0 aromatic heterocycles. The van der Waals surface area contributed by atoms with Gasteiger partial charge in [0.1, 0.15) is 0 Å². The van der Waals surface area contributed by atoms with Crippen LogP contribution in [0.3, 0.4) is 0 Å². The van der Waals surface area contributed by atoms with E-state index < -0.39 is 15.3 Å². The summed E-state index contributed by atoms with van der Waals surface area (Å²) in [7, 11) is -3.22. The van der Waals surface area contributed by atoms with E-state index >= 15 is 0 Å². The summed E-state index contributed by atoms with van der Waals surface area (Å²) < 4.78 is 26.4. The van der Waals surface area contributed by atoms with E-state index in [4.69, 9.17) is 0 Å². The fourth-order valence-corrected chi connectivity index (χ4v) is 4.03. The lowest BCUT2D eigenvalue weighted by Gasteiger charge is -2.33. The Labute approximate surface area is 140 Å². The zero-order chi connectivity index (χ0) is 16.9. The summed E-state index contributed by atoms with van der Waals surface area (Å²) in [6.07, 6.45) is 9.29. The molecule has 1 atom stereocenters. The number of amides is 1. The molecule has 1 amide bonds. The van der Waals surface area contributed by atoms with E-state index in [2.05, 4.69) is 10.8 Å². The fraction of sp³-hybridized carbons (Fsp3) is 0.824. The molecule has 1 unspecified atom stereocenters. The van der Waals surface area contributed by atoms with Gasteiger partial charge >= 0.3 is 0 Å². The first-order chi connectivity index (χ1) is 10.9. The molecule has 1 fully saturated rings. The molecule has 0 spiro atoms. The number of carbonyl (C=O) groups is 1. The minimum atomic E-state index is -3.22. The Balaban J connectivity index is 1.83. The number of rotatable bonds is 6. The van der Waals surface area contributed by atoms with Crippen molar-refractivity contribution in [2.45, 2.75) is 64.0 Å². The number of likely N-dealkylation sites (tertiary alicyclic amines) is 1. The Bertz CT molecular complexity index is 540. The van der Waals surface area contributed by atoms with E-state index in [-0.39, 0.29) is 11.8 Å². The molecule has 1 heterocycles. The molecule has 2 aliphatic rings. The van der Waals surface area contributed by atoms with E-state index in [0.717, 1.165) is 32.2 Å². The van der Waals surface area contributed by atoms with Gasteiger partial charge in [-0.1, -0.05) is 11.6 Å². The average molecular weight is 343 g/mol. The molecular formula is C17H30N2O3S. The maximum absolute atomic E-state index is 12.5. The van der Waals surface area contributed by atoms with Crippen LogP contribution in [-0.4, -0.2) is 44.1 Å². The zero-order valence-corrected chi connectivity index (χ0v) is 15.2. The molecule has 1 aliphatic heterocycles. The van der Waals surface area contributed by atoms with Gasteiger partial charge in [-0.15, -0.1) is 0 Å². The number of hydrogen-bond acceptors (Lipinski definition) is 3. The maximum Gasteiger partial charge on any atom is 0.226 e. The van der Waals surface area contributed by atoms with Crippen molar-refractivity contribution in [1.82, 2.24) is 9.62 Å². The van der Waals surface area contributed by atoms with Crippen molar-refractivity contribution in [3.8, 4) is 0 Å². The highest BCUT2D eigenvalue weighted by Gasteiger charge is 2.26. The molecule has 1 aliphatic carbocycles. The second-order valence-electron chi connectivity index (χ2n) is 7.08. The molecule has 5 nitrogen and oxygen atoms in total. The van der Waals surface area contributed by atoms with E-state index in [1.807, 2.05) is 4.90 Å². The molecule has 6 heteroatoms. The molecule has 1 saturated heterocycles. The third-order valence-electron chi connectivity index (χ3n) is 4.83. The lowest BCUT2D eigenvalue weighted by atomic mass is 9.95. The molecule has 0 radical (unpaired) electrons. The summed E-state index contributed by atoms with van der Waals surface area (Å²) in [5, 5.41) is -0.415.